The highest BCUT2D eigenvalue weighted by molar-refractivity contribution is 14.1. The van der Waals surface area contributed by atoms with Gasteiger partial charge in [0.2, 0.25) is 0 Å². The molecule has 1 aliphatic carbocycles. The van der Waals surface area contributed by atoms with E-state index in [4.69, 9.17) is 0 Å². The topological polar surface area (TPSA) is 0 Å². The highest BCUT2D eigenvalue weighted by Crippen LogP contribution is 2.28. The van der Waals surface area contributed by atoms with Gasteiger partial charge in [0.15, 0.2) is 0 Å². The summed E-state index contributed by atoms with van der Waals surface area (Å²) in [6.07, 6.45) is 2.48. The summed E-state index contributed by atoms with van der Waals surface area (Å²) in [6.45, 7) is 0. The highest BCUT2D eigenvalue weighted by Gasteiger charge is 2.23. The van der Waals surface area contributed by atoms with Gasteiger partial charge in [0.25, 0.3) is 0 Å². The van der Waals surface area contributed by atoms with Gasteiger partial charge in [0, 0.05) is 3.92 Å². The summed E-state index contributed by atoms with van der Waals surface area (Å²) < 4.78 is 12.6. The molecule has 0 bridgehead atoms. The van der Waals surface area contributed by atoms with Crippen LogP contribution in [-0.4, -0.2) is 10.1 Å². The number of rotatable bonds is 0. The molecule has 0 amide bonds. The summed E-state index contributed by atoms with van der Waals surface area (Å²) in [7, 11) is 0. The Morgan fingerprint density at radius 3 is 2.29 bits per heavy atom. The number of hydrogen-bond acceptors (Lipinski definition) is 0. The van der Waals surface area contributed by atoms with Crippen LogP contribution in [0.4, 0.5) is 4.39 Å². The van der Waals surface area contributed by atoms with Crippen molar-refractivity contribution in [2.45, 2.75) is 29.4 Å². The van der Waals surface area contributed by atoms with Crippen LogP contribution in [0.1, 0.15) is 19.3 Å². The summed E-state index contributed by atoms with van der Waals surface area (Å²) in [6, 6.07) is 0. The first-order valence-corrected chi connectivity index (χ1v) is 3.83. The van der Waals surface area contributed by atoms with Gasteiger partial charge in [-0.2, -0.15) is 0 Å². The zero-order chi connectivity index (χ0) is 5.28. The van der Waals surface area contributed by atoms with Crippen LogP contribution in [0.15, 0.2) is 0 Å². The molecule has 2 heteroatoms. The smallest absolute Gasteiger partial charge is 0.112 e. The molecule has 0 aromatic rings. The molecule has 1 fully saturated rings. The molecule has 1 rings (SSSR count). The number of hydrogen-bond donors (Lipinski definition) is 0. The predicted octanol–water partition coefficient (Wildman–Crippen LogP) is 2.31. The third kappa shape index (κ3) is 1.27. The van der Waals surface area contributed by atoms with E-state index in [1.807, 2.05) is 0 Å². The third-order valence-electron chi connectivity index (χ3n) is 1.35. The average Bonchev–Trinajstić information content (AvgIpc) is 1.91. The summed E-state index contributed by atoms with van der Waals surface area (Å²) in [4.78, 5) is 0. The van der Waals surface area contributed by atoms with Crippen molar-refractivity contribution in [3.8, 4) is 0 Å². The lowest BCUT2D eigenvalue weighted by molar-refractivity contribution is 0.355. The van der Waals surface area contributed by atoms with Gasteiger partial charge in [-0.3, -0.25) is 0 Å². The second kappa shape index (κ2) is 2.29. The Balaban J connectivity index is 2.33. The van der Waals surface area contributed by atoms with Crippen LogP contribution in [-0.2, 0) is 0 Å². The molecule has 0 saturated heterocycles. The van der Waals surface area contributed by atoms with Crippen molar-refractivity contribution in [2.24, 2.45) is 0 Å². The maximum Gasteiger partial charge on any atom is 0.112 e. The van der Waals surface area contributed by atoms with E-state index in [2.05, 4.69) is 22.6 Å². The van der Waals surface area contributed by atoms with Gasteiger partial charge in [-0.1, -0.05) is 22.6 Å². The van der Waals surface area contributed by atoms with Gasteiger partial charge in [0.05, 0.1) is 0 Å². The molecule has 0 radical (unpaired) electrons. The van der Waals surface area contributed by atoms with Crippen LogP contribution in [0, 0.1) is 0 Å². The Hall–Kier alpha value is 0.660. The monoisotopic (exact) mass is 214 g/mol. The fraction of sp³-hybridized carbons (Fsp3) is 1.00. The molecular formula is C5H8FI. The van der Waals surface area contributed by atoms with Crippen LogP contribution in [0.2, 0.25) is 0 Å². The molecule has 0 nitrogen and oxygen atoms in total. The summed E-state index contributed by atoms with van der Waals surface area (Å²) in [5, 5.41) is 0. The van der Waals surface area contributed by atoms with Crippen molar-refractivity contribution in [3.63, 3.8) is 0 Å². The zero-order valence-electron chi connectivity index (χ0n) is 4.03. The van der Waals surface area contributed by atoms with Gasteiger partial charge >= 0.3 is 0 Å². The van der Waals surface area contributed by atoms with Gasteiger partial charge in [-0.05, 0) is 19.3 Å². The molecular weight excluding hydrogens is 206 g/mol. The number of alkyl halides is 2. The Morgan fingerprint density at radius 1 is 1.43 bits per heavy atom. The molecule has 0 aromatic carbocycles. The highest BCUT2D eigenvalue weighted by atomic mass is 127. The fourth-order valence-corrected chi connectivity index (χ4v) is 1.67. The molecule has 1 aliphatic rings. The molecule has 1 saturated carbocycles. The van der Waals surface area contributed by atoms with Gasteiger partial charge in [-0.15, -0.1) is 0 Å². The van der Waals surface area contributed by atoms with E-state index < -0.39 is 6.17 Å². The molecule has 0 heterocycles. The Kier molecular flexibility index (Phi) is 1.89. The van der Waals surface area contributed by atoms with Crippen LogP contribution in [0.5, 0.6) is 0 Å². The SMILES string of the molecule is F[C@@H]1CCC[C@H]1I. The third-order valence-corrected chi connectivity index (χ3v) is 2.76. The molecule has 0 spiro atoms. The minimum atomic E-state index is -0.499. The van der Waals surface area contributed by atoms with Crippen molar-refractivity contribution in [1.29, 1.82) is 0 Å². The molecule has 0 aliphatic heterocycles. The van der Waals surface area contributed by atoms with E-state index in [0.29, 0.717) is 3.92 Å². The van der Waals surface area contributed by atoms with Crippen molar-refractivity contribution < 1.29 is 4.39 Å². The molecule has 2 atom stereocenters. The van der Waals surface area contributed by atoms with Crippen LogP contribution in [0.25, 0.3) is 0 Å². The first-order valence-electron chi connectivity index (χ1n) is 2.59. The molecule has 42 valence electrons. The molecule has 0 unspecified atom stereocenters. The molecule has 0 aromatic heterocycles. The van der Waals surface area contributed by atoms with E-state index in [0.717, 1.165) is 19.3 Å². The lowest BCUT2D eigenvalue weighted by Gasteiger charge is -1.98. The minimum absolute atomic E-state index is 0.317. The first kappa shape index (κ1) is 5.79. The summed E-state index contributed by atoms with van der Waals surface area (Å²) >= 11 is 2.18. The van der Waals surface area contributed by atoms with Crippen molar-refractivity contribution in [1.82, 2.24) is 0 Å². The van der Waals surface area contributed by atoms with E-state index >= 15 is 0 Å². The van der Waals surface area contributed by atoms with E-state index in [9.17, 15) is 4.39 Å². The van der Waals surface area contributed by atoms with E-state index in [-0.39, 0.29) is 0 Å². The minimum Gasteiger partial charge on any atom is -0.246 e. The average molecular weight is 214 g/mol. The molecule has 7 heavy (non-hydrogen) atoms. The standard InChI is InChI=1S/C5H8FI/c6-4-2-1-3-5(4)7/h4-5H,1-3H2/t4-,5-/m1/s1. The van der Waals surface area contributed by atoms with Crippen molar-refractivity contribution in [2.75, 3.05) is 0 Å². The van der Waals surface area contributed by atoms with Gasteiger partial charge < -0.3 is 0 Å². The second-order valence-corrected chi connectivity index (χ2v) is 3.56. The summed E-state index contributed by atoms with van der Waals surface area (Å²) in [5.74, 6) is 0. The van der Waals surface area contributed by atoms with Crippen molar-refractivity contribution >= 4 is 22.6 Å². The van der Waals surface area contributed by atoms with E-state index in [1.165, 1.54) is 0 Å². The summed E-state index contributed by atoms with van der Waals surface area (Å²) in [5.41, 5.74) is 0. The van der Waals surface area contributed by atoms with Gasteiger partial charge in [0.1, 0.15) is 6.17 Å². The Bertz CT molecular complexity index is 57.1. The maximum absolute atomic E-state index is 12.3. The predicted molar refractivity (Wildman–Crippen MR) is 36.6 cm³/mol. The second-order valence-electron chi connectivity index (χ2n) is 1.96. The van der Waals surface area contributed by atoms with Crippen LogP contribution >= 0.6 is 22.6 Å². The fourth-order valence-electron chi connectivity index (χ4n) is 0.870. The van der Waals surface area contributed by atoms with Crippen LogP contribution in [0.3, 0.4) is 0 Å². The van der Waals surface area contributed by atoms with Crippen LogP contribution < -0.4 is 0 Å². The normalized spacial score (nSPS) is 42.0. The lowest BCUT2D eigenvalue weighted by atomic mass is 10.3. The quantitative estimate of drug-likeness (QED) is 0.428. The Morgan fingerprint density at radius 2 is 2.14 bits per heavy atom. The number of halogens is 2. The van der Waals surface area contributed by atoms with Gasteiger partial charge in [-0.25, -0.2) is 4.39 Å². The van der Waals surface area contributed by atoms with Crippen molar-refractivity contribution in [3.05, 3.63) is 0 Å². The van der Waals surface area contributed by atoms with E-state index in [1.54, 1.807) is 0 Å². The Labute approximate surface area is 56.6 Å². The largest absolute Gasteiger partial charge is 0.246 e. The lowest BCUT2D eigenvalue weighted by Crippen LogP contribution is -2.04. The first-order chi connectivity index (χ1) is 3.30. The maximum atomic E-state index is 12.3. The molecule has 0 N–H and O–H groups in total. The zero-order valence-corrected chi connectivity index (χ0v) is 6.19.